The molecule has 1 heterocycles. The smallest absolute Gasteiger partial charge is 0.226 e. The van der Waals surface area contributed by atoms with Crippen molar-refractivity contribution in [2.24, 2.45) is 5.92 Å². The third kappa shape index (κ3) is 4.70. The molecule has 0 aliphatic carbocycles. The lowest BCUT2D eigenvalue weighted by atomic mass is 10.1. The molecule has 0 aromatic carbocycles. The second-order valence-corrected chi connectivity index (χ2v) is 5.31. The monoisotopic (exact) mass is 241 g/mol. The van der Waals surface area contributed by atoms with Crippen LogP contribution in [0.1, 0.15) is 45.0 Å². The molecule has 0 aliphatic rings. The number of anilines is 1. The van der Waals surface area contributed by atoms with Crippen molar-refractivity contribution in [2.45, 2.75) is 46.5 Å². The molecule has 0 unspecified atom stereocenters. The van der Waals surface area contributed by atoms with Crippen LogP contribution in [0.25, 0.3) is 0 Å². The van der Waals surface area contributed by atoms with Gasteiger partial charge in [-0.05, 0) is 12.3 Å². The Bertz CT molecular complexity index is 336. The van der Waals surface area contributed by atoms with Gasteiger partial charge in [-0.15, -0.1) is 10.2 Å². The Labute approximate surface area is 100 Å². The minimum Gasteiger partial charge on any atom is -0.301 e. The molecule has 4 nitrogen and oxygen atoms in total. The lowest BCUT2D eigenvalue weighted by molar-refractivity contribution is -0.116. The first-order valence-electron chi connectivity index (χ1n) is 5.74. The summed E-state index contributed by atoms with van der Waals surface area (Å²) in [6.07, 6.45) is 3.43. The van der Waals surface area contributed by atoms with Crippen LogP contribution in [0.2, 0.25) is 0 Å². The highest BCUT2D eigenvalue weighted by Gasteiger charge is 2.08. The van der Waals surface area contributed by atoms with Crippen LogP contribution >= 0.6 is 11.3 Å². The van der Waals surface area contributed by atoms with Gasteiger partial charge in [0.25, 0.3) is 0 Å². The summed E-state index contributed by atoms with van der Waals surface area (Å²) in [5, 5.41) is 12.4. The molecule has 90 valence electrons. The highest BCUT2D eigenvalue weighted by atomic mass is 32.1. The zero-order chi connectivity index (χ0) is 12.0. The van der Waals surface area contributed by atoms with Crippen LogP contribution in [-0.4, -0.2) is 16.1 Å². The maximum Gasteiger partial charge on any atom is 0.226 e. The van der Waals surface area contributed by atoms with Gasteiger partial charge < -0.3 is 5.32 Å². The van der Waals surface area contributed by atoms with E-state index in [1.165, 1.54) is 11.3 Å². The van der Waals surface area contributed by atoms with Crippen molar-refractivity contribution in [2.75, 3.05) is 5.32 Å². The van der Waals surface area contributed by atoms with Gasteiger partial charge in [0, 0.05) is 12.8 Å². The first-order chi connectivity index (χ1) is 7.61. The number of nitrogens with one attached hydrogen (secondary N) is 1. The Morgan fingerprint density at radius 2 is 2.19 bits per heavy atom. The van der Waals surface area contributed by atoms with E-state index in [9.17, 15) is 4.79 Å². The second-order valence-electron chi connectivity index (χ2n) is 4.25. The average Bonchev–Trinajstić information content (AvgIpc) is 2.61. The molecule has 0 aliphatic heterocycles. The molecule has 16 heavy (non-hydrogen) atoms. The molecule has 1 N–H and O–H groups in total. The van der Waals surface area contributed by atoms with E-state index in [1.807, 2.05) is 0 Å². The highest BCUT2D eigenvalue weighted by Crippen LogP contribution is 2.18. The fraction of sp³-hybridized carbons (Fsp3) is 0.727. The largest absolute Gasteiger partial charge is 0.301 e. The van der Waals surface area contributed by atoms with Gasteiger partial charge in [0.1, 0.15) is 5.01 Å². The van der Waals surface area contributed by atoms with Crippen LogP contribution in [0, 0.1) is 5.92 Å². The number of aromatic nitrogens is 2. The molecule has 5 heteroatoms. The standard InChI is InChI=1S/C11H19N3OS/c1-4-5-6-9(15)12-11-14-13-10(16-11)7-8(2)3/h8H,4-7H2,1-3H3,(H,12,14,15). The van der Waals surface area contributed by atoms with Gasteiger partial charge in [-0.25, -0.2) is 0 Å². The van der Waals surface area contributed by atoms with E-state index in [4.69, 9.17) is 0 Å². The number of nitrogens with zero attached hydrogens (tertiary/aromatic N) is 2. The van der Waals surface area contributed by atoms with E-state index in [0.717, 1.165) is 24.3 Å². The van der Waals surface area contributed by atoms with Crippen LogP contribution in [0.3, 0.4) is 0 Å². The summed E-state index contributed by atoms with van der Waals surface area (Å²) >= 11 is 1.47. The minimum atomic E-state index is 0.0362. The van der Waals surface area contributed by atoms with Crippen LogP contribution in [0.15, 0.2) is 0 Å². The molecule has 1 rings (SSSR count). The van der Waals surface area contributed by atoms with Gasteiger partial charge in [-0.1, -0.05) is 38.5 Å². The fourth-order valence-corrected chi connectivity index (χ4v) is 2.22. The molecule has 0 bridgehead atoms. The van der Waals surface area contributed by atoms with E-state index < -0.39 is 0 Å². The maximum atomic E-state index is 11.4. The highest BCUT2D eigenvalue weighted by molar-refractivity contribution is 7.15. The maximum absolute atomic E-state index is 11.4. The van der Waals surface area contributed by atoms with Crippen molar-refractivity contribution >= 4 is 22.4 Å². The molecule has 0 radical (unpaired) electrons. The van der Waals surface area contributed by atoms with Crippen LogP contribution in [0.4, 0.5) is 5.13 Å². The topological polar surface area (TPSA) is 54.9 Å². The second kappa shape index (κ2) is 6.58. The molecular formula is C11H19N3OS. The van der Waals surface area contributed by atoms with E-state index in [-0.39, 0.29) is 5.91 Å². The number of carbonyl (C=O) groups is 1. The van der Waals surface area contributed by atoms with Gasteiger partial charge in [-0.2, -0.15) is 0 Å². The quantitative estimate of drug-likeness (QED) is 0.833. The normalized spacial score (nSPS) is 10.8. The Kier molecular flexibility index (Phi) is 5.38. The molecule has 1 aromatic heterocycles. The molecule has 0 spiro atoms. The Morgan fingerprint density at radius 1 is 1.44 bits per heavy atom. The third-order valence-corrected chi connectivity index (χ3v) is 2.91. The van der Waals surface area contributed by atoms with Crippen molar-refractivity contribution in [3.8, 4) is 0 Å². The molecule has 0 saturated carbocycles. The molecular weight excluding hydrogens is 222 g/mol. The van der Waals surface area contributed by atoms with Gasteiger partial charge in [-0.3, -0.25) is 4.79 Å². The number of amides is 1. The summed E-state index contributed by atoms with van der Waals surface area (Å²) in [6.45, 7) is 6.35. The van der Waals surface area contributed by atoms with Crippen molar-refractivity contribution in [3.63, 3.8) is 0 Å². The van der Waals surface area contributed by atoms with Crippen molar-refractivity contribution in [1.82, 2.24) is 10.2 Å². The predicted molar refractivity (Wildman–Crippen MR) is 66.6 cm³/mol. The van der Waals surface area contributed by atoms with Crippen molar-refractivity contribution in [1.29, 1.82) is 0 Å². The fourth-order valence-electron chi connectivity index (χ4n) is 1.25. The van der Waals surface area contributed by atoms with Gasteiger partial charge in [0.15, 0.2) is 0 Å². The zero-order valence-electron chi connectivity index (χ0n) is 10.1. The van der Waals surface area contributed by atoms with Gasteiger partial charge >= 0.3 is 0 Å². The van der Waals surface area contributed by atoms with Crippen LogP contribution < -0.4 is 5.32 Å². The van der Waals surface area contributed by atoms with E-state index in [2.05, 4.69) is 36.3 Å². The summed E-state index contributed by atoms with van der Waals surface area (Å²) in [5.74, 6) is 0.602. The molecule has 0 fully saturated rings. The molecule has 0 saturated heterocycles. The first kappa shape index (κ1) is 13.1. The first-order valence-corrected chi connectivity index (χ1v) is 6.55. The van der Waals surface area contributed by atoms with Crippen molar-refractivity contribution in [3.05, 3.63) is 5.01 Å². The SMILES string of the molecule is CCCCC(=O)Nc1nnc(CC(C)C)s1. The molecule has 0 atom stereocenters. The lowest BCUT2D eigenvalue weighted by Crippen LogP contribution is -2.10. The lowest BCUT2D eigenvalue weighted by Gasteiger charge is -1.99. The van der Waals surface area contributed by atoms with Gasteiger partial charge in [0.05, 0.1) is 0 Å². The summed E-state index contributed by atoms with van der Waals surface area (Å²) in [4.78, 5) is 11.4. The molecule has 1 aromatic rings. The van der Waals surface area contributed by atoms with Crippen LogP contribution in [-0.2, 0) is 11.2 Å². The zero-order valence-corrected chi connectivity index (χ0v) is 10.9. The summed E-state index contributed by atoms with van der Waals surface area (Å²) in [6, 6.07) is 0. The van der Waals surface area contributed by atoms with Crippen LogP contribution in [0.5, 0.6) is 0 Å². The van der Waals surface area contributed by atoms with E-state index >= 15 is 0 Å². The summed E-state index contributed by atoms with van der Waals surface area (Å²) in [7, 11) is 0. The van der Waals surface area contributed by atoms with E-state index in [0.29, 0.717) is 17.5 Å². The Morgan fingerprint density at radius 3 is 2.81 bits per heavy atom. The predicted octanol–water partition coefficient (Wildman–Crippen LogP) is 2.87. The van der Waals surface area contributed by atoms with Gasteiger partial charge in [0.2, 0.25) is 11.0 Å². The van der Waals surface area contributed by atoms with E-state index in [1.54, 1.807) is 0 Å². The third-order valence-electron chi connectivity index (χ3n) is 2.05. The number of carbonyl (C=O) groups excluding carboxylic acids is 1. The summed E-state index contributed by atoms with van der Waals surface area (Å²) in [5.41, 5.74) is 0. The summed E-state index contributed by atoms with van der Waals surface area (Å²) < 4.78 is 0. The number of hydrogen-bond acceptors (Lipinski definition) is 4. The average molecular weight is 241 g/mol. The minimum absolute atomic E-state index is 0.0362. The van der Waals surface area contributed by atoms with Crippen molar-refractivity contribution < 1.29 is 4.79 Å². The molecule has 1 amide bonds. The number of unbranched alkanes of at least 4 members (excludes halogenated alkanes) is 1. The number of rotatable bonds is 6. The Hall–Kier alpha value is -0.970. The Balaban J connectivity index is 2.42. The number of hydrogen-bond donors (Lipinski definition) is 1.